The van der Waals surface area contributed by atoms with Crippen LogP contribution in [0.1, 0.15) is 128 Å². The number of aliphatic hydroxyl groups excluding tert-OH is 1. The number of carbonyl (C=O) groups excluding carboxylic acids is 1. The number of amides is 1. The third-order valence-electron chi connectivity index (χ3n) is 7.63. The summed E-state index contributed by atoms with van der Waals surface area (Å²) in [5, 5.41) is 9.27. The Hall–Kier alpha value is -1.48. The molecule has 0 aromatic heterocycles. The van der Waals surface area contributed by atoms with E-state index in [1.54, 1.807) is 4.90 Å². The summed E-state index contributed by atoms with van der Waals surface area (Å²) in [6, 6.07) is 9.71. The zero-order valence-corrected chi connectivity index (χ0v) is 30.0. The Morgan fingerprint density at radius 1 is 0.778 bits per heavy atom. The van der Waals surface area contributed by atoms with Gasteiger partial charge < -0.3 is 33.5 Å². The maximum absolute atomic E-state index is 12.3. The van der Waals surface area contributed by atoms with Gasteiger partial charge in [-0.1, -0.05) is 146 Å². The number of nitrogens with zero attached hydrogens (tertiary/aromatic N) is 2. The number of hydrogen-bond acceptors (Lipinski definition) is 6. The van der Waals surface area contributed by atoms with Gasteiger partial charge in [-0.15, -0.1) is 0 Å². The largest absolute Gasteiger partial charge is 0.756 e. The summed E-state index contributed by atoms with van der Waals surface area (Å²) in [5.74, 6) is 0. The first-order valence-electron chi connectivity index (χ1n) is 17.5. The molecule has 0 spiro atoms. The Balaban J connectivity index is 0.00000149. The van der Waals surface area contributed by atoms with Crippen molar-refractivity contribution >= 4 is 13.9 Å². The van der Waals surface area contributed by atoms with Crippen molar-refractivity contribution in [3.8, 4) is 0 Å². The van der Waals surface area contributed by atoms with Crippen LogP contribution < -0.4 is 4.89 Å². The van der Waals surface area contributed by atoms with Crippen molar-refractivity contribution in [1.82, 2.24) is 4.90 Å². The molecule has 264 valence electrons. The van der Waals surface area contributed by atoms with Gasteiger partial charge in [0.1, 0.15) is 19.8 Å². The van der Waals surface area contributed by atoms with Gasteiger partial charge >= 0.3 is 6.09 Å². The van der Waals surface area contributed by atoms with Crippen molar-refractivity contribution in [2.24, 2.45) is 0 Å². The summed E-state index contributed by atoms with van der Waals surface area (Å²) in [5.41, 5.74) is 0.980. The molecular formula is C35H67N2O7P. The van der Waals surface area contributed by atoms with Crippen LogP contribution in [-0.4, -0.2) is 79.5 Å². The van der Waals surface area contributed by atoms with E-state index in [9.17, 15) is 19.4 Å². The Morgan fingerprint density at radius 2 is 1.22 bits per heavy atom. The molecule has 0 bridgehead atoms. The fraction of sp³-hybridized carbons (Fsp3) is 0.800. The van der Waals surface area contributed by atoms with Crippen LogP contribution in [0.3, 0.4) is 0 Å². The highest BCUT2D eigenvalue weighted by atomic mass is 31.2. The molecule has 1 unspecified atom stereocenters. The number of unbranched alkanes of at least 4 members (excludes halogenated alkanes) is 17. The molecule has 45 heavy (non-hydrogen) atoms. The van der Waals surface area contributed by atoms with Crippen LogP contribution in [0.2, 0.25) is 0 Å². The highest BCUT2D eigenvalue weighted by molar-refractivity contribution is 7.44. The van der Waals surface area contributed by atoms with Crippen LogP contribution in [0, 0.1) is 0 Å². The predicted molar refractivity (Wildman–Crippen MR) is 183 cm³/mol. The van der Waals surface area contributed by atoms with E-state index in [-0.39, 0.29) is 25.9 Å². The van der Waals surface area contributed by atoms with E-state index >= 15 is 0 Å². The van der Waals surface area contributed by atoms with Crippen LogP contribution in [-0.2, 0) is 20.4 Å². The Bertz CT molecular complexity index is 846. The monoisotopic (exact) mass is 658 g/mol. The molecule has 2 N–H and O–H groups in total. The second kappa shape index (κ2) is 28.7. The molecule has 10 heteroatoms. The highest BCUT2D eigenvalue weighted by Gasteiger charge is 2.14. The van der Waals surface area contributed by atoms with Gasteiger partial charge in [-0.05, 0) is 12.0 Å². The quantitative estimate of drug-likeness (QED) is 0.0562. The van der Waals surface area contributed by atoms with Gasteiger partial charge in [0.25, 0.3) is 7.82 Å². The predicted octanol–water partition coefficient (Wildman–Crippen LogP) is 7.83. The van der Waals surface area contributed by atoms with Crippen LogP contribution >= 0.6 is 7.82 Å². The van der Waals surface area contributed by atoms with Gasteiger partial charge in [0.05, 0.1) is 27.7 Å². The lowest BCUT2D eigenvalue weighted by atomic mass is 10.0. The third-order valence-corrected chi connectivity index (χ3v) is 8.14. The first-order chi connectivity index (χ1) is 21.5. The first-order valence-corrected chi connectivity index (χ1v) is 19.0. The highest BCUT2D eigenvalue weighted by Crippen LogP contribution is 2.29. The maximum Gasteiger partial charge on any atom is 0.410 e. The van der Waals surface area contributed by atoms with Crippen LogP contribution in [0.5, 0.6) is 0 Å². The smallest absolute Gasteiger partial charge is 0.410 e. The number of aliphatic hydroxyl groups is 1. The standard InChI is InChI=1S/C30H53NO3.C5H14NO4P/c1-2-3-4-5-6-7-8-9-10-11-12-13-14-15-16-17-18-22-25-31(26-27-32)30(33)34-28-29-23-20-19-21-24-29;1-6(2,3)4-5-10-11(7,8)9/h19-21,23-24,32H,2-18,22,25-28H2,1H3;4-5H2,1-3H3,(H-,7,8,9). The second-order valence-electron chi connectivity index (χ2n) is 13.1. The molecule has 0 aliphatic carbocycles. The number of benzene rings is 1. The number of carbonyl (C=O) groups is 1. The number of quaternary nitrogens is 1. The van der Waals surface area contributed by atoms with Gasteiger partial charge in [0.2, 0.25) is 0 Å². The van der Waals surface area contributed by atoms with Crippen molar-refractivity contribution in [2.75, 3.05) is 54.0 Å². The lowest BCUT2D eigenvalue weighted by molar-refractivity contribution is -0.870. The number of likely N-dealkylation sites (N-methyl/N-ethyl adjacent to an activating group) is 1. The minimum absolute atomic E-state index is 0.0147. The second-order valence-corrected chi connectivity index (χ2v) is 14.3. The number of phosphoric acid groups is 1. The van der Waals surface area contributed by atoms with Crippen molar-refractivity contribution < 1.29 is 38.0 Å². The van der Waals surface area contributed by atoms with Gasteiger partial charge in [-0.2, -0.15) is 0 Å². The minimum atomic E-state index is -4.51. The summed E-state index contributed by atoms with van der Waals surface area (Å²) < 4.78 is 20.2. The zero-order valence-electron chi connectivity index (χ0n) is 29.1. The lowest BCUT2D eigenvalue weighted by Gasteiger charge is -2.25. The third kappa shape index (κ3) is 32.3. The summed E-state index contributed by atoms with van der Waals surface area (Å²) >= 11 is 0. The molecule has 0 radical (unpaired) electrons. The summed E-state index contributed by atoms with van der Waals surface area (Å²) in [4.78, 5) is 32.2. The molecule has 1 rings (SSSR count). The van der Waals surface area contributed by atoms with Crippen LogP contribution in [0.15, 0.2) is 30.3 Å². The van der Waals surface area contributed by atoms with E-state index in [0.29, 0.717) is 24.1 Å². The lowest BCUT2D eigenvalue weighted by Crippen LogP contribution is -2.37. The van der Waals surface area contributed by atoms with E-state index in [4.69, 9.17) is 9.63 Å². The molecule has 0 saturated heterocycles. The molecule has 0 heterocycles. The molecule has 9 nitrogen and oxygen atoms in total. The van der Waals surface area contributed by atoms with Crippen molar-refractivity contribution in [3.05, 3.63) is 35.9 Å². The van der Waals surface area contributed by atoms with Crippen molar-refractivity contribution in [2.45, 2.75) is 129 Å². The fourth-order valence-corrected chi connectivity index (χ4v) is 5.17. The number of rotatable bonds is 27. The number of hydrogen-bond donors (Lipinski definition) is 2. The maximum atomic E-state index is 12.3. The van der Waals surface area contributed by atoms with E-state index in [0.717, 1.165) is 18.4 Å². The van der Waals surface area contributed by atoms with E-state index in [1.165, 1.54) is 103 Å². The fourth-order valence-electron chi connectivity index (χ4n) is 4.86. The average molecular weight is 659 g/mol. The SMILES string of the molecule is CCCCCCCCCCCCCCCCCCCCN(CCO)C(=O)OCc1ccccc1.C[N+](C)(C)CCOP(=O)([O-])O. The van der Waals surface area contributed by atoms with E-state index in [2.05, 4.69) is 11.4 Å². The van der Waals surface area contributed by atoms with E-state index < -0.39 is 7.82 Å². The molecule has 1 atom stereocenters. The normalized spacial score (nSPS) is 12.7. The Labute approximate surface area is 275 Å². The van der Waals surface area contributed by atoms with Crippen molar-refractivity contribution in [3.63, 3.8) is 0 Å². The van der Waals surface area contributed by atoms with E-state index in [1.807, 2.05) is 51.5 Å². The van der Waals surface area contributed by atoms with Crippen LogP contribution in [0.4, 0.5) is 4.79 Å². The molecule has 1 amide bonds. The minimum Gasteiger partial charge on any atom is -0.756 e. The first kappa shape index (κ1) is 43.5. The number of phosphoric ester groups is 1. The summed E-state index contributed by atoms with van der Waals surface area (Å²) in [7, 11) is 1.19. The van der Waals surface area contributed by atoms with Crippen molar-refractivity contribution in [1.29, 1.82) is 0 Å². The van der Waals surface area contributed by atoms with Gasteiger partial charge in [-0.25, -0.2) is 4.79 Å². The molecule has 1 aromatic carbocycles. The summed E-state index contributed by atoms with van der Waals surface area (Å²) in [6.45, 7) is 4.08. The molecule has 1 aromatic rings. The molecule has 0 aliphatic rings. The van der Waals surface area contributed by atoms with Gasteiger partial charge in [-0.3, -0.25) is 4.57 Å². The number of ether oxygens (including phenoxy) is 1. The Kier molecular flexibility index (Phi) is 27.8. The average Bonchev–Trinajstić information content (AvgIpc) is 2.98. The molecule has 0 saturated carbocycles. The van der Waals surface area contributed by atoms with Gasteiger partial charge in [0.15, 0.2) is 0 Å². The van der Waals surface area contributed by atoms with Gasteiger partial charge in [0, 0.05) is 13.1 Å². The molecular weight excluding hydrogens is 591 g/mol. The topological polar surface area (TPSA) is 119 Å². The van der Waals surface area contributed by atoms with Crippen LogP contribution in [0.25, 0.3) is 0 Å². The molecule has 0 fully saturated rings. The zero-order chi connectivity index (χ0) is 33.7. The summed E-state index contributed by atoms with van der Waals surface area (Å²) in [6.07, 6.45) is 24.0. The molecule has 0 aliphatic heterocycles. The Morgan fingerprint density at radius 3 is 1.62 bits per heavy atom.